The van der Waals surface area contributed by atoms with Crippen LogP contribution in [-0.4, -0.2) is 23.3 Å². The van der Waals surface area contributed by atoms with Crippen molar-refractivity contribution in [2.45, 2.75) is 12.2 Å². The first kappa shape index (κ1) is 13.5. The Kier molecular flexibility index (Phi) is 4.96. The minimum absolute atomic E-state index is 0.247. The van der Waals surface area contributed by atoms with Crippen molar-refractivity contribution in [2.24, 2.45) is 0 Å². The van der Waals surface area contributed by atoms with Gasteiger partial charge in [-0.15, -0.1) is 0 Å². The number of thioether (sulfide) groups is 1. The number of carbonyl (C=O) groups excluding carboxylic acids is 2. The van der Waals surface area contributed by atoms with E-state index >= 15 is 0 Å². The lowest BCUT2D eigenvalue weighted by molar-refractivity contribution is -0.121. The molecule has 6 heteroatoms. The van der Waals surface area contributed by atoms with Crippen LogP contribution >= 0.6 is 11.8 Å². The van der Waals surface area contributed by atoms with Gasteiger partial charge in [-0.2, -0.15) is 11.8 Å². The Morgan fingerprint density at radius 2 is 1.82 bits per heavy atom. The number of nitrogens with one attached hydrogen (secondary N) is 2. The Morgan fingerprint density at radius 1 is 1.24 bits per heavy atom. The molecular formula is C11H13FN2O2S. The fraction of sp³-hybridized carbons (Fsp3) is 0.273. The Morgan fingerprint density at radius 3 is 2.35 bits per heavy atom. The maximum Gasteiger partial charge on any atom is 0.269 e. The molecule has 0 fully saturated rings. The van der Waals surface area contributed by atoms with Gasteiger partial charge in [-0.1, -0.05) is 0 Å². The number of carbonyl (C=O) groups is 2. The van der Waals surface area contributed by atoms with Crippen molar-refractivity contribution in [2.75, 3.05) is 6.26 Å². The van der Waals surface area contributed by atoms with E-state index in [1.807, 2.05) is 0 Å². The van der Waals surface area contributed by atoms with Gasteiger partial charge in [0.15, 0.2) is 0 Å². The van der Waals surface area contributed by atoms with Crippen LogP contribution in [-0.2, 0) is 4.79 Å². The number of hydrogen-bond acceptors (Lipinski definition) is 3. The molecule has 2 amide bonds. The summed E-state index contributed by atoms with van der Waals surface area (Å²) in [6.45, 7) is 1.73. The Labute approximate surface area is 103 Å². The number of benzene rings is 1. The summed E-state index contributed by atoms with van der Waals surface area (Å²) in [5, 5.41) is -0.247. The molecule has 17 heavy (non-hydrogen) atoms. The van der Waals surface area contributed by atoms with E-state index in [2.05, 4.69) is 10.9 Å². The molecule has 0 saturated carbocycles. The third kappa shape index (κ3) is 4.07. The van der Waals surface area contributed by atoms with Crippen LogP contribution in [0.25, 0.3) is 0 Å². The number of rotatable bonds is 3. The van der Waals surface area contributed by atoms with Crippen molar-refractivity contribution in [3.05, 3.63) is 35.6 Å². The Balaban J connectivity index is 2.50. The van der Waals surface area contributed by atoms with Gasteiger partial charge >= 0.3 is 0 Å². The van der Waals surface area contributed by atoms with Gasteiger partial charge in [0.1, 0.15) is 5.82 Å². The summed E-state index contributed by atoms with van der Waals surface area (Å²) < 4.78 is 12.6. The van der Waals surface area contributed by atoms with Gasteiger partial charge in [0.2, 0.25) is 0 Å². The van der Waals surface area contributed by atoms with Gasteiger partial charge in [0.25, 0.3) is 11.8 Å². The second-order valence-electron chi connectivity index (χ2n) is 3.33. The van der Waals surface area contributed by atoms with Crippen LogP contribution in [0.5, 0.6) is 0 Å². The first-order valence-electron chi connectivity index (χ1n) is 4.93. The van der Waals surface area contributed by atoms with Crippen LogP contribution in [0.15, 0.2) is 24.3 Å². The number of halogens is 1. The van der Waals surface area contributed by atoms with Crippen LogP contribution in [0, 0.1) is 5.82 Å². The van der Waals surface area contributed by atoms with E-state index in [4.69, 9.17) is 0 Å². The van der Waals surface area contributed by atoms with Crippen LogP contribution in [0.3, 0.4) is 0 Å². The van der Waals surface area contributed by atoms with Gasteiger partial charge in [-0.25, -0.2) is 4.39 Å². The maximum absolute atomic E-state index is 12.6. The highest BCUT2D eigenvalue weighted by Gasteiger charge is 2.12. The van der Waals surface area contributed by atoms with Crippen molar-refractivity contribution in [1.29, 1.82) is 0 Å². The smallest absolute Gasteiger partial charge is 0.269 e. The van der Waals surface area contributed by atoms with E-state index < -0.39 is 11.7 Å². The van der Waals surface area contributed by atoms with E-state index in [1.54, 1.807) is 13.2 Å². The van der Waals surface area contributed by atoms with E-state index in [1.165, 1.54) is 36.0 Å². The predicted octanol–water partition coefficient (Wildman–Crippen LogP) is 1.34. The van der Waals surface area contributed by atoms with E-state index in [-0.39, 0.29) is 16.7 Å². The molecule has 0 aliphatic carbocycles. The minimum atomic E-state index is -0.480. The summed E-state index contributed by atoms with van der Waals surface area (Å²) in [5.74, 6) is -1.18. The first-order chi connectivity index (χ1) is 8.04. The predicted molar refractivity (Wildman–Crippen MR) is 65.0 cm³/mol. The van der Waals surface area contributed by atoms with E-state index in [9.17, 15) is 14.0 Å². The molecule has 1 atom stereocenters. The molecule has 92 valence electrons. The summed E-state index contributed by atoms with van der Waals surface area (Å²) in [6.07, 6.45) is 1.80. The average molecular weight is 256 g/mol. The molecule has 4 nitrogen and oxygen atoms in total. The molecule has 1 aromatic rings. The molecule has 2 N–H and O–H groups in total. The summed E-state index contributed by atoms with van der Waals surface area (Å²) in [7, 11) is 0. The largest absolute Gasteiger partial charge is 0.272 e. The molecular weight excluding hydrogens is 243 g/mol. The normalized spacial score (nSPS) is 11.7. The van der Waals surface area contributed by atoms with Crippen molar-refractivity contribution >= 4 is 23.6 Å². The number of hydrogen-bond donors (Lipinski definition) is 2. The van der Waals surface area contributed by atoms with Gasteiger partial charge < -0.3 is 0 Å². The highest BCUT2D eigenvalue weighted by Crippen LogP contribution is 2.04. The summed E-state index contributed by atoms with van der Waals surface area (Å²) in [5.41, 5.74) is 4.83. The van der Waals surface area contributed by atoms with Gasteiger partial charge in [-0.3, -0.25) is 20.4 Å². The highest BCUT2D eigenvalue weighted by atomic mass is 32.2. The second kappa shape index (κ2) is 6.24. The molecule has 0 aromatic heterocycles. The van der Waals surface area contributed by atoms with Crippen molar-refractivity contribution < 1.29 is 14.0 Å². The number of hydrazine groups is 1. The molecule has 1 aromatic carbocycles. The standard InChI is InChI=1S/C11H13FN2O2S/c1-7(17-2)10(15)13-14-11(16)8-3-5-9(12)6-4-8/h3-7H,1-2H3,(H,13,15)(H,14,16). The molecule has 0 aliphatic rings. The summed E-state index contributed by atoms with van der Waals surface area (Å²) in [6, 6.07) is 5.05. The lowest BCUT2D eigenvalue weighted by Gasteiger charge is -2.10. The fourth-order valence-corrected chi connectivity index (χ4v) is 1.27. The zero-order chi connectivity index (χ0) is 12.8. The summed E-state index contributed by atoms with van der Waals surface area (Å²) >= 11 is 1.37. The Bertz CT molecular complexity index is 408. The molecule has 0 spiro atoms. The first-order valence-corrected chi connectivity index (χ1v) is 6.22. The van der Waals surface area contributed by atoms with Crippen molar-refractivity contribution in [3.8, 4) is 0 Å². The minimum Gasteiger partial charge on any atom is -0.272 e. The van der Waals surface area contributed by atoms with Gasteiger partial charge in [-0.05, 0) is 37.4 Å². The SMILES string of the molecule is CSC(C)C(=O)NNC(=O)c1ccc(F)cc1. The maximum atomic E-state index is 12.6. The van der Waals surface area contributed by atoms with Crippen LogP contribution in [0.4, 0.5) is 4.39 Å². The monoisotopic (exact) mass is 256 g/mol. The average Bonchev–Trinajstić information content (AvgIpc) is 2.35. The van der Waals surface area contributed by atoms with E-state index in [0.717, 1.165) is 0 Å². The topological polar surface area (TPSA) is 58.2 Å². The molecule has 1 unspecified atom stereocenters. The lowest BCUT2D eigenvalue weighted by Crippen LogP contribution is -2.44. The van der Waals surface area contributed by atoms with Gasteiger partial charge in [0, 0.05) is 5.56 Å². The van der Waals surface area contributed by atoms with Gasteiger partial charge in [0.05, 0.1) is 5.25 Å². The fourth-order valence-electron chi connectivity index (χ4n) is 1.00. The molecule has 0 aliphatic heterocycles. The highest BCUT2D eigenvalue weighted by molar-refractivity contribution is 7.99. The lowest BCUT2D eigenvalue weighted by atomic mass is 10.2. The van der Waals surface area contributed by atoms with Crippen LogP contribution < -0.4 is 10.9 Å². The third-order valence-electron chi connectivity index (χ3n) is 2.13. The van der Waals surface area contributed by atoms with Crippen molar-refractivity contribution in [1.82, 2.24) is 10.9 Å². The second-order valence-corrected chi connectivity index (χ2v) is 4.51. The quantitative estimate of drug-likeness (QED) is 0.802. The van der Waals surface area contributed by atoms with Crippen LogP contribution in [0.1, 0.15) is 17.3 Å². The van der Waals surface area contributed by atoms with Crippen LogP contribution in [0.2, 0.25) is 0 Å². The molecule has 1 rings (SSSR count). The van der Waals surface area contributed by atoms with Crippen molar-refractivity contribution in [3.63, 3.8) is 0 Å². The third-order valence-corrected chi connectivity index (χ3v) is 3.05. The molecule has 0 bridgehead atoms. The summed E-state index contributed by atoms with van der Waals surface area (Å²) in [4.78, 5) is 22.9. The Hall–Kier alpha value is -1.56. The zero-order valence-corrected chi connectivity index (χ0v) is 10.3. The molecule has 0 heterocycles. The molecule has 0 saturated heterocycles. The van der Waals surface area contributed by atoms with E-state index in [0.29, 0.717) is 0 Å². The number of amides is 2. The molecule has 0 radical (unpaired) electrons. The zero-order valence-electron chi connectivity index (χ0n) is 9.49.